The molecule has 0 radical (unpaired) electrons. The third-order valence-electron chi connectivity index (χ3n) is 3.51. The van der Waals surface area contributed by atoms with Crippen LogP contribution in [0.5, 0.6) is 0 Å². The predicted molar refractivity (Wildman–Crippen MR) is 91.3 cm³/mol. The van der Waals surface area contributed by atoms with Crippen molar-refractivity contribution in [2.75, 3.05) is 5.32 Å². The summed E-state index contributed by atoms with van der Waals surface area (Å²) in [4.78, 5) is 36.7. The van der Waals surface area contributed by atoms with Gasteiger partial charge in [-0.2, -0.15) is 0 Å². The van der Waals surface area contributed by atoms with E-state index < -0.39 is 22.9 Å². The van der Waals surface area contributed by atoms with Gasteiger partial charge in [-0.15, -0.1) is 11.8 Å². The number of fused-ring (bicyclic) bond motifs is 1. The third-order valence-corrected chi connectivity index (χ3v) is 4.79. The SMILES string of the molecule is O=C(C[C@@H]1Sc2ccccc2NC1=O)NNC(=O)c1ccccc1F. The van der Waals surface area contributed by atoms with Gasteiger partial charge in [-0.05, 0) is 24.3 Å². The molecule has 6 nitrogen and oxygen atoms in total. The average Bonchev–Trinajstić information content (AvgIpc) is 2.61. The van der Waals surface area contributed by atoms with E-state index in [1.807, 2.05) is 18.2 Å². The number of halogens is 1. The fourth-order valence-corrected chi connectivity index (χ4v) is 3.40. The molecule has 3 rings (SSSR count). The maximum atomic E-state index is 13.5. The molecule has 1 heterocycles. The zero-order chi connectivity index (χ0) is 17.8. The van der Waals surface area contributed by atoms with Crippen LogP contribution in [0, 0.1) is 5.82 Å². The molecule has 1 aliphatic heterocycles. The topological polar surface area (TPSA) is 87.3 Å². The number of thioether (sulfide) groups is 1. The van der Waals surface area contributed by atoms with Crippen LogP contribution in [0.15, 0.2) is 53.4 Å². The van der Waals surface area contributed by atoms with Crippen molar-refractivity contribution in [3.05, 3.63) is 59.9 Å². The first kappa shape index (κ1) is 17.0. The number of para-hydroxylation sites is 1. The molecule has 1 atom stereocenters. The molecule has 0 aliphatic carbocycles. The van der Waals surface area contributed by atoms with Gasteiger partial charge in [0.15, 0.2) is 0 Å². The van der Waals surface area contributed by atoms with E-state index in [1.165, 1.54) is 30.0 Å². The quantitative estimate of drug-likeness (QED) is 0.733. The van der Waals surface area contributed by atoms with Crippen molar-refractivity contribution in [1.82, 2.24) is 10.9 Å². The van der Waals surface area contributed by atoms with E-state index in [-0.39, 0.29) is 17.9 Å². The minimum Gasteiger partial charge on any atom is -0.324 e. The van der Waals surface area contributed by atoms with Gasteiger partial charge in [-0.1, -0.05) is 24.3 Å². The zero-order valence-corrected chi connectivity index (χ0v) is 13.7. The summed E-state index contributed by atoms with van der Waals surface area (Å²) in [5.41, 5.74) is 4.88. The molecule has 128 valence electrons. The second-order valence-corrected chi connectivity index (χ2v) is 6.52. The van der Waals surface area contributed by atoms with Crippen molar-refractivity contribution in [3.8, 4) is 0 Å². The van der Waals surface area contributed by atoms with Crippen LogP contribution in [0.3, 0.4) is 0 Å². The highest BCUT2D eigenvalue weighted by Crippen LogP contribution is 2.36. The first-order valence-corrected chi connectivity index (χ1v) is 8.33. The smallest absolute Gasteiger partial charge is 0.272 e. The number of nitrogens with one attached hydrogen (secondary N) is 3. The normalized spacial score (nSPS) is 15.7. The van der Waals surface area contributed by atoms with Gasteiger partial charge in [0.25, 0.3) is 5.91 Å². The molecule has 0 spiro atoms. The van der Waals surface area contributed by atoms with Crippen LogP contribution in [-0.4, -0.2) is 23.0 Å². The lowest BCUT2D eigenvalue weighted by Crippen LogP contribution is -2.44. The van der Waals surface area contributed by atoms with Crippen LogP contribution >= 0.6 is 11.8 Å². The van der Waals surface area contributed by atoms with Gasteiger partial charge in [0.2, 0.25) is 11.8 Å². The number of hydrazine groups is 1. The number of benzene rings is 2. The summed E-state index contributed by atoms with van der Waals surface area (Å²) in [7, 11) is 0. The Kier molecular flexibility index (Phi) is 4.99. The highest BCUT2D eigenvalue weighted by molar-refractivity contribution is 8.01. The fourth-order valence-electron chi connectivity index (χ4n) is 2.29. The van der Waals surface area contributed by atoms with Gasteiger partial charge in [0, 0.05) is 11.3 Å². The Morgan fingerprint density at radius 1 is 1.08 bits per heavy atom. The molecule has 3 N–H and O–H groups in total. The molecule has 2 aromatic rings. The summed E-state index contributed by atoms with van der Waals surface area (Å²) in [6.07, 6.45) is -0.123. The van der Waals surface area contributed by atoms with Crippen molar-refractivity contribution in [3.63, 3.8) is 0 Å². The number of carbonyl (C=O) groups is 3. The van der Waals surface area contributed by atoms with Crippen molar-refractivity contribution in [2.45, 2.75) is 16.6 Å². The van der Waals surface area contributed by atoms with Gasteiger partial charge in [-0.3, -0.25) is 25.2 Å². The summed E-state index contributed by atoms with van der Waals surface area (Å²) in [5.74, 6) is -2.28. The lowest BCUT2D eigenvalue weighted by Gasteiger charge is -2.23. The number of hydrogen-bond acceptors (Lipinski definition) is 4. The Balaban J connectivity index is 1.56. The fraction of sp³-hybridized carbons (Fsp3) is 0.118. The van der Waals surface area contributed by atoms with E-state index in [0.29, 0.717) is 5.69 Å². The second-order valence-electron chi connectivity index (χ2n) is 5.28. The highest BCUT2D eigenvalue weighted by atomic mass is 32.2. The number of hydrogen-bond donors (Lipinski definition) is 3. The molecule has 0 aromatic heterocycles. The maximum Gasteiger partial charge on any atom is 0.272 e. The Bertz CT molecular complexity index is 843. The van der Waals surface area contributed by atoms with Crippen LogP contribution in [-0.2, 0) is 9.59 Å². The predicted octanol–water partition coefficient (Wildman–Crippen LogP) is 2.09. The molecular weight excluding hydrogens is 345 g/mol. The van der Waals surface area contributed by atoms with Crippen molar-refractivity contribution < 1.29 is 18.8 Å². The molecule has 25 heavy (non-hydrogen) atoms. The molecule has 0 bridgehead atoms. The van der Waals surface area contributed by atoms with E-state index in [1.54, 1.807) is 6.07 Å². The maximum absolute atomic E-state index is 13.5. The van der Waals surface area contributed by atoms with Crippen molar-refractivity contribution >= 4 is 35.2 Å². The van der Waals surface area contributed by atoms with Crippen molar-refractivity contribution in [1.29, 1.82) is 0 Å². The summed E-state index contributed by atoms with van der Waals surface area (Å²) in [6.45, 7) is 0. The molecular formula is C17H14FN3O3S. The summed E-state index contributed by atoms with van der Waals surface area (Å²) in [5, 5.41) is 2.13. The van der Waals surface area contributed by atoms with E-state index in [9.17, 15) is 18.8 Å². The van der Waals surface area contributed by atoms with Gasteiger partial charge in [0.1, 0.15) is 5.82 Å². The lowest BCUT2D eigenvalue weighted by atomic mass is 10.2. The number of amides is 3. The summed E-state index contributed by atoms with van der Waals surface area (Å²) < 4.78 is 13.5. The van der Waals surface area contributed by atoms with Crippen LogP contribution < -0.4 is 16.2 Å². The summed E-state index contributed by atoms with van der Waals surface area (Å²) >= 11 is 1.28. The molecule has 0 saturated heterocycles. The summed E-state index contributed by atoms with van der Waals surface area (Å²) in [6, 6.07) is 12.7. The standard InChI is InChI=1S/C17H14FN3O3S/c18-11-6-2-1-5-10(11)16(23)21-20-15(22)9-14-17(24)19-12-7-3-4-8-13(12)25-14/h1-8,14H,9H2,(H,19,24)(H,20,22)(H,21,23)/t14-/m0/s1. The van der Waals surface area contributed by atoms with E-state index >= 15 is 0 Å². The van der Waals surface area contributed by atoms with Gasteiger partial charge >= 0.3 is 0 Å². The zero-order valence-electron chi connectivity index (χ0n) is 12.9. The van der Waals surface area contributed by atoms with Gasteiger partial charge in [-0.25, -0.2) is 4.39 Å². The second kappa shape index (κ2) is 7.35. The Morgan fingerprint density at radius 3 is 2.60 bits per heavy atom. The Labute approximate surface area is 147 Å². The monoisotopic (exact) mass is 359 g/mol. The van der Waals surface area contributed by atoms with E-state index in [2.05, 4.69) is 16.2 Å². The van der Waals surface area contributed by atoms with E-state index in [4.69, 9.17) is 0 Å². The van der Waals surface area contributed by atoms with Crippen molar-refractivity contribution in [2.24, 2.45) is 0 Å². The van der Waals surface area contributed by atoms with Crippen LogP contribution in [0.4, 0.5) is 10.1 Å². The Morgan fingerprint density at radius 2 is 1.80 bits per heavy atom. The van der Waals surface area contributed by atoms with Crippen LogP contribution in [0.25, 0.3) is 0 Å². The van der Waals surface area contributed by atoms with Crippen LogP contribution in [0.2, 0.25) is 0 Å². The lowest BCUT2D eigenvalue weighted by molar-refractivity contribution is -0.124. The molecule has 0 unspecified atom stereocenters. The molecule has 1 aliphatic rings. The minimum absolute atomic E-state index is 0.123. The highest BCUT2D eigenvalue weighted by Gasteiger charge is 2.28. The average molecular weight is 359 g/mol. The number of anilines is 1. The third kappa shape index (κ3) is 3.97. The first-order valence-electron chi connectivity index (χ1n) is 7.45. The Hall–Kier alpha value is -2.87. The number of rotatable bonds is 3. The number of carbonyl (C=O) groups excluding carboxylic acids is 3. The first-order chi connectivity index (χ1) is 12.0. The van der Waals surface area contributed by atoms with Crippen LogP contribution in [0.1, 0.15) is 16.8 Å². The largest absolute Gasteiger partial charge is 0.324 e. The molecule has 0 saturated carbocycles. The van der Waals surface area contributed by atoms with Gasteiger partial charge in [0.05, 0.1) is 16.5 Å². The molecule has 2 aromatic carbocycles. The van der Waals surface area contributed by atoms with E-state index in [0.717, 1.165) is 11.0 Å². The molecule has 8 heteroatoms. The minimum atomic E-state index is -0.766. The molecule has 0 fully saturated rings. The van der Waals surface area contributed by atoms with Gasteiger partial charge < -0.3 is 5.32 Å². The molecule has 3 amide bonds.